The Hall–Kier alpha value is -1.91. The lowest BCUT2D eigenvalue weighted by Crippen LogP contribution is -2.01. The van der Waals surface area contributed by atoms with E-state index < -0.39 is 0 Å². The van der Waals surface area contributed by atoms with Crippen LogP contribution in [-0.4, -0.2) is 4.98 Å². The third-order valence-corrected chi connectivity index (χ3v) is 3.77. The van der Waals surface area contributed by atoms with Crippen LogP contribution in [-0.2, 0) is 18.0 Å². The maximum absolute atomic E-state index is 5.96. The summed E-state index contributed by atoms with van der Waals surface area (Å²) in [6, 6.07) is 14.1. The molecule has 4 heteroatoms. The first-order chi connectivity index (χ1) is 9.33. The fourth-order valence-corrected chi connectivity index (χ4v) is 2.59. The molecular formula is C15H14N2OS. The van der Waals surface area contributed by atoms with Gasteiger partial charge in [-0.15, -0.1) is 11.3 Å². The van der Waals surface area contributed by atoms with E-state index in [4.69, 9.17) is 10.5 Å². The molecule has 0 radical (unpaired) electrons. The summed E-state index contributed by atoms with van der Waals surface area (Å²) in [6.45, 7) is 1.10. The number of ether oxygens (including phenoxy) is 1. The van der Waals surface area contributed by atoms with E-state index in [1.807, 2.05) is 41.8 Å². The van der Waals surface area contributed by atoms with Crippen molar-refractivity contribution >= 4 is 28.1 Å². The van der Waals surface area contributed by atoms with Crippen molar-refractivity contribution in [3.63, 3.8) is 0 Å². The lowest BCUT2D eigenvalue weighted by molar-refractivity contribution is 0.109. The first kappa shape index (κ1) is 12.1. The molecule has 0 saturated carbocycles. The summed E-state index contributed by atoms with van der Waals surface area (Å²) in [5, 5.41) is 3.14. The van der Waals surface area contributed by atoms with Gasteiger partial charge in [-0.2, -0.15) is 0 Å². The summed E-state index contributed by atoms with van der Waals surface area (Å²) < 4.78 is 5.68. The molecule has 1 aromatic carbocycles. The SMILES string of the molecule is Nc1nc2ccccc2cc1COCc1cccs1. The molecule has 96 valence electrons. The van der Waals surface area contributed by atoms with Gasteiger partial charge in [-0.25, -0.2) is 4.98 Å². The number of nitrogen functional groups attached to an aromatic ring is 1. The highest BCUT2D eigenvalue weighted by molar-refractivity contribution is 7.09. The Morgan fingerprint density at radius 2 is 2.00 bits per heavy atom. The van der Waals surface area contributed by atoms with Gasteiger partial charge < -0.3 is 10.5 Å². The van der Waals surface area contributed by atoms with Gasteiger partial charge in [0, 0.05) is 15.8 Å². The normalized spacial score (nSPS) is 10.9. The number of nitrogens with zero attached hydrogens (tertiary/aromatic N) is 1. The summed E-state index contributed by atoms with van der Waals surface area (Å²) in [6.07, 6.45) is 0. The fourth-order valence-electron chi connectivity index (χ4n) is 1.95. The Labute approximate surface area is 115 Å². The Bertz CT molecular complexity index is 680. The lowest BCUT2D eigenvalue weighted by Gasteiger charge is -2.07. The van der Waals surface area contributed by atoms with Crippen LogP contribution < -0.4 is 5.73 Å². The smallest absolute Gasteiger partial charge is 0.129 e. The lowest BCUT2D eigenvalue weighted by atomic mass is 10.1. The van der Waals surface area contributed by atoms with Gasteiger partial charge in [-0.3, -0.25) is 0 Å². The van der Waals surface area contributed by atoms with Crippen LogP contribution in [0.1, 0.15) is 10.4 Å². The number of thiophene rings is 1. The number of rotatable bonds is 4. The van der Waals surface area contributed by atoms with Crippen LogP contribution in [0.15, 0.2) is 47.8 Å². The van der Waals surface area contributed by atoms with E-state index in [1.54, 1.807) is 11.3 Å². The van der Waals surface area contributed by atoms with Gasteiger partial charge in [0.05, 0.1) is 18.7 Å². The average Bonchev–Trinajstić information content (AvgIpc) is 2.92. The van der Waals surface area contributed by atoms with Gasteiger partial charge in [0.25, 0.3) is 0 Å². The highest BCUT2D eigenvalue weighted by Crippen LogP contribution is 2.19. The third-order valence-electron chi connectivity index (χ3n) is 2.92. The molecule has 19 heavy (non-hydrogen) atoms. The fraction of sp³-hybridized carbons (Fsp3) is 0.133. The van der Waals surface area contributed by atoms with Crippen molar-refractivity contribution in [1.82, 2.24) is 4.98 Å². The molecule has 0 bridgehead atoms. The number of hydrogen-bond acceptors (Lipinski definition) is 4. The van der Waals surface area contributed by atoms with Crippen LogP contribution in [0.3, 0.4) is 0 Å². The highest BCUT2D eigenvalue weighted by atomic mass is 32.1. The van der Waals surface area contributed by atoms with Crippen LogP contribution in [0.4, 0.5) is 5.82 Å². The first-order valence-corrected chi connectivity index (χ1v) is 6.95. The maximum atomic E-state index is 5.96. The molecule has 0 saturated heterocycles. The summed E-state index contributed by atoms with van der Waals surface area (Å²) in [4.78, 5) is 5.61. The van der Waals surface area contributed by atoms with Gasteiger partial charge in [-0.1, -0.05) is 24.3 Å². The zero-order valence-electron chi connectivity index (χ0n) is 10.4. The largest absolute Gasteiger partial charge is 0.383 e. The number of hydrogen-bond donors (Lipinski definition) is 1. The molecule has 2 heterocycles. The molecule has 3 aromatic rings. The quantitative estimate of drug-likeness (QED) is 0.788. The predicted molar refractivity (Wildman–Crippen MR) is 79.0 cm³/mol. The van der Waals surface area contributed by atoms with Crippen LogP contribution in [0.5, 0.6) is 0 Å². The van der Waals surface area contributed by atoms with E-state index in [0.29, 0.717) is 19.0 Å². The number of benzene rings is 1. The second-order valence-corrected chi connectivity index (χ2v) is 5.33. The zero-order valence-corrected chi connectivity index (χ0v) is 11.2. The predicted octanol–water partition coefficient (Wildman–Crippen LogP) is 3.60. The Kier molecular flexibility index (Phi) is 3.44. The minimum Gasteiger partial charge on any atom is -0.383 e. The van der Waals surface area contributed by atoms with Gasteiger partial charge in [0.15, 0.2) is 0 Å². The number of pyridine rings is 1. The molecule has 0 fully saturated rings. The molecule has 3 nitrogen and oxygen atoms in total. The molecule has 0 atom stereocenters. The standard InChI is InChI=1S/C15H14N2OS/c16-15-12(9-18-10-13-5-3-7-19-13)8-11-4-1-2-6-14(11)17-15/h1-8H,9-10H2,(H2,16,17). The Morgan fingerprint density at radius 3 is 2.84 bits per heavy atom. The molecule has 0 spiro atoms. The maximum Gasteiger partial charge on any atom is 0.129 e. The van der Waals surface area contributed by atoms with Crippen molar-refractivity contribution in [2.45, 2.75) is 13.2 Å². The van der Waals surface area contributed by atoms with Gasteiger partial charge in [0.1, 0.15) is 5.82 Å². The Morgan fingerprint density at radius 1 is 1.11 bits per heavy atom. The molecule has 0 amide bonds. The number of para-hydroxylation sites is 1. The third kappa shape index (κ3) is 2.75. The van der Waals surface area contributed by atoms with Crippen molar-refractivity contribution in [2.24, 2.45) is 0 Å². The molecular weight excluding hydrogens is 256 g/mol. The van der Waals surface area contributed by atoms with E-state index >= 15 is 0 Å². The first-order valence-electron chi connectivity index (χ1n) is 6.07. The van der Waals surface area contributed by atoms with Gasteiger partial charge in [0.2, 0.25) is 0 Å². The van der Waals surface area contributed by atoms with Gasteiger partial charge >= 0.3 is 0 Å². The summed E-state index contributed by atoms with van der Waals surface area (Å²) in [7, 11) is 0. The summed E-state index contributed by atoms with van der Waals surface area (Å²) in [5.41, 5.74) is 7.82. The zero-order chi connectivity index (χ0) is 13.1. The molecule has 0 unspecified atom stereocenters. The van der Waals surface area contributed by atoms with E-state index in [9.17, 15) is 0 Å². The second-order valence-electron chi connectivity index (χ2n) is 4.30. The van der Waals surface area contributed by atoms with E-state index in [2.05, 4.69) is 11.1 Å². The number of fused-ring (bicyclic) bond motifs is 1. The van der Waals surface area contributed by atoms with Crippen LogP contribution in [0, 0.1) is 0 Å². The van der Waals surface area contributed by atoms with Crippen molar-refractivity contribution in [1.29, 1.82) is 0 Å². The highest BCUT2D eigenvalue weighted by Gasteiger charge is 2.04. The molecule has 3 rings (SSSR count). The molecule has 0 aliphatic rings. The minimum atomic E-state index is 0.488. The second kappa shape index (κ2) is 5.38. The van der Waals surface area contributed by atoms with Gasteiger partial charge in [-0.05, 0) is 23.6 Å². The van der Waals surface area contributed by atoms with Crippen molar-refractivity contribution < 1.29 is 4.74 Å². The van der Waals surface area contributed by atoms with Crippen molar-refractivity contribution in [3.05, 3.63) is 58.3 Å². The van der Waals surface area contributed by atoms with Crippen molar-refractivity contribution in [3.8, 4) is 0 Å². The van der Waals surface area contributed by atoms with Crippen molar-refractivity contribution in [2.75, 3.05) is 5.73 Å². The average molecular weight is 270 g/mol. The monoisotopic (exact) mass is 270 g/mol. The topological polar surface area (TPSA) is 48.1 Å². The number of anilines is 1. The van der Waals surface area contributed by atoms with Crippen LogP contribution in [0.2, 0.25) is 0 Å². The Balaban J connectivity index is 1.75. The van der Waals surface area contributed by atoms with Crippen LogP contribution >= 0.6 is 11.3 Å². The molecule has 0 aliphatic carbocycles. The van der Waals surface area contributed by atoms with E-state index in [0.717, 1.165) is 16.5 Å². The molecule has 2 N–H and O–H groups in total. The number of aromatic nitrogens is 1. The summed E-state index contributed by atoms with van der Waals surface area (Å²) in [5.74, 6) is 0.546. The molecule has 0 aliphatic heterocycles. The summed E-state index contributed by atoms with van der Waals surface area (Å²) >= 11 is 1.69. The number of nitrogens with two attached hydrogens (primary N) is 1. The van der Waals surface area contributed by atoms with E-state index in [1.165, 1.54) is 4.88 Å². The molecule has 2 aromatic heterocycles. The van der Waals surface area contributed by atoms with E-state index in [-0.39, 0.29) is 0 Å². The minimum absolute atomic E-state index is 0.488. The van der Waals surface area contributed by atoms with Crippen LogP contribution in [0.25, 0.3) is 10.9 Å².